The van der Waals surface area contributed by atoms with Crippen LogP contribution in [0, 0.1) is 0 Å². The summed E-state index contributed by atoms with van der Waals surface area (Å²) in [4.78, 5) is 22.3. The van der Waals surface area contributed by atoms with Crippen molar-refractivity contribution in [1.82, 2.24) is 14.5 Å². The minimum absolute atomic E-state index is 0.244. The van der Waals surface area contributed by atoms with Crippen molar-refractivity contribution in [3.05, 3.63) is 55.4 Å². The summed E-state index contributed by atoms with van der Waals surface area (Å²) in [5, 5.41) is 3.35. The maximum absolute atomic E-state index is 12.3. The van der Waals surface area contributed by atoms with E-state index >= 15 is 0 Å². The smallest absolute Gasteiger partial charge is 0.255 e. The predicted octanol–water partition coefficient (Wildman–Crippen LogP) is 3.74. The summed E-state index contributed by atoms with van der Waals surface area (Å²) in [6, 6.07) is 9.85. The van der Waals surface area contributed by atoms with E-state index in [1.165, 1.54) is 11.3 Å². The number of imidazole rings is 1. The van der Waals surface area contributed by atoms with Gasteiger partial charge in [0.15, 0.2) is 11.0 Å². The molecule has 0 fully saturated rings. The maximum atomic E-state index is 12.3. The summed E-state index contributed by atoms with van der Waals surface area (Å²) in [5.41, 5.74) is 1.76. The summed E-state index contributed by atoms with van der Waals surface area (Å²) in [5.74, 6) is 0.560. The lowest BCUT2D eigenvalue weighted by atomic mass is 10.1. The fraction of sp³-hybridized carbons (Fsp3) is 0.211. The zero-order valence-electron chi connectivity index (χ0n) is 14.7. The number of aromatic nitrogens is 3. The molecule has 7 heteroatoms. The predicted molar refractivity (Wildman–Crippen MR) is 104 cm³/mol. The van der Waals surface area contributed by atoms with E-state index in [0.29, 0.717) is 11.7 Å². The molecule has 2 heterocycles. The summed E-state index contributed by atoms with van der Waals surface area (Å²) in [6.45, 7) is 5.60. The number of nitrogens with zero attached hydrogens (tertiary/aromatic N) is 3. The van der Waals surface area contributed by atoms with Gasteiger partial charge in [0, 0.05) is 25.0 Å². The Bertz CT molecular complexity index is 901. The second-order valence-corrected chi connectivity index (χ2v) is 6.68. The van der Waals surface area contributed by atoms with Crippen LogP contribution in [0.15, 0.2) is 55.4 Å². The van der Waals surface area contributed by atoms with E-state index in [-0.39, 0.29) is 5.91 Å². The molecule has 3 rings (SSSR count). The van der Waals surface area contributed by atoms with Gasteiger partial charge >= 0.3 is 0 Å². The van der Waals surface area contributed by atoms with Gasteiger partial charge in [-0.05, 0) is 6.92 Å². The van der Waals surface area contributed by atoms with Crippen LogP contribution in [-0.4, -0.2) is 33.2 Å². The molecule has 0 aliphatic heterocycles. The highest BCUT2D eigenvalue weighted by Gasteiger charge is 2.20. The number of aryl methyl sites for hydroxylation is 1. The van der Waals surface area contributed by atoms with Gasteiger partial charge in [-0.25, -0.2) is 9.97 Å². The monoisotopic (exact) mass is 368 g/mol. The van der Waals surface area contributed by atoms with Crippen molar-refractivity contribution in [1.29, 1.82) is 0 Å². The molecular formula is C19H20N4O2S. The lowest BCUT2D eigenvalue weighted by Gasteiger charge is -2.10. The van der Waals surface area contributed by atoms with Crippen LogP contribution in [0.4, 0.5) is 5.13 Å². The van der Waals surface area contributed by atoms with E-state index in [1.807, 2.05) is 48.1 Å². The van der Waals surface area contributed by atoms with Crippen molar-refractivity contribution < 1.29 is 9.53 Å². The molecule has 0 radical (unpaired) electrons. The third kappa shape index (κ3) is 3.89. The van der Waals surface area contributed by atoms with Crippen LogP contribution in [0.2, 0.25) is 0 Å². The number of thiazole rings is 1. The Morgan fingerprint density at radius 1 is 1.42 bits per heavy atom. The Morgan fingerprint density at radius 2 is 2.19 bits per heavy atom. The number of rotatable bonds is 7. The molecule has 0 aliphatic carbocycles. The van der Waals surface area contributed by atoms with Gasteiger partial charge in [-0.1, -0.05) is 47.7 Å². The van der Waals surface area contributed by atoms with Crippen LogP contribution < -0.4 is 5.32 Å². The second-order valence-electron chi connectivity index (χ2n) is 5.68. The molecule has 0 bridgehead atoms. The van der Waals surface area contributed by atoms with Crippen molar-refractivity contribution in [3.8, 4) is 22.0 Å². The number of amides is 1. The fourth-order valence-electron chi connectivity index (χ4n) is 2.40. The number of hydrogen-bond donors (Lipinski definition) is 1. The highest BCUT2D eigenvalue weighted by Crippen LogP contribution is 2.38. The Morgan fingerprint density at radius 3 is 2.85 bits per heavy atom. The molecule has 6 nitrogen and oxygen atoms in total. The molecule has 1 unspecified atom stereocenters. The van der Waals surface area contributed by atoms with Crippen molar-refractivity contribution in [2.24, 2.45) is 7.05 Å². The molecule has 3 aromatic rings. The van der Waals surface area contributed by atoms with E-state index < -0.39 is 6.10 Å². The van der Waals surface area contributed by atoms with Gasteiger partial charge < -0.3 is 9.30 Å². The molecule has 0 aliphatic rings. The molecule has 1 amide bonds. The highest BCUT2D eigenvalue weighted by molar-refractivity contribution is 7.19. The quantitative estimate of drug-likeness (QED) is 0.645. The summed E-state index contributed by atoms with van der Waals surface area (Å²) in [6.07, 6.45) is 4.65. The van der Waals surface area contributed by atoms with Crippen LogP contribution in [0.5, 0.6) is 0 Å². The van der Waals surface area contributed by atoms with Gasteiger partial charge in [-0.3, -0.25) is 10.1 Å². The van der Waals surface area contributed by atoms with Gasteiger partial charge in [-0.2, -0.15) is 0 Å². The number of anilines is 1. The van der Waals surface area contributed by atoms with Crippen molar-refractivity contribution in [2.45, 2.75) is 13.0 Å². The summed E-state index contributed by atoms with van der Waals surface area (Å²) < 4.78 is 7.30. The van der Waals surface area contributed by atoms with Crippen molar-refractivity contribution in [3.63, 3.8) is 0 Å². The maximum Gasteiger partial charge on any atom is 0.255 e. The lowest BCUT2D eigenvalue weighted by Crippen LogP contribution is -2.27. The third-order valence-electron chi connectivity index (χ3n) is 3.76. The normalized spacial score (nSPS) is 11.9. The van der Waals surface area contributed by atoms with Crippen LogP contribution in [0.1, 0.15) is 6.92 Å². The molecular weight excluding hydrogens is 348 g/mol. The standard InChI is InChI=1S/C19H20N4O2S/c1-4-12-25-13(2)18(24)22-19-21-15(14-8-6-5-7-9-14)16(26-19)17-20-10-11-23(17)3/h4-11,13H,1,12H2,2-3H3,(H,21,22,24). The third-order valence-corrected chi connectivity index (χ3v) is 4.73. The van der Waals surface area contributed by atoms with Crippen molar-refractivity contribution in [2.75, 3.05) is 11.9 Å². The minimum Gasteiger partial charge on any atom is -0.365 e. The molecule has 1 aromatic carbocycles. The first-order valence-corrected chi connectivity index (χ1v) is 8.99. The molecule has 0 saturated heterocycles. The first-order valence-electron chi connectivity index (χ1n) is 8.17. The lowest BCUT2D eigenvalue weighted by molar-refractivity contribution is -0.125. The van der Waals surface area contributed by atoms with Crippen molar-refractivity contribution >= 4 is 22.4 Å². The Balaban J connectivity index is 1.93. The van der Waals surface area contributed by atoms with Gasteiger partial charge in [0.25, 0.3) is 5.91 Å². The molecule has 0 spiro atoms. The van der Waals surface area contributed by atoms with E-state index in [9.17, 15) is 4.79 Å². The number of carbonyl (C=O) groups excluding carboxylic acids is 1. The van der Waals surface area contributed by atoms with Gasteiger partial charge in [0.05, 0.1) is 17.2 Å². The van der Waals surface area contributed by atoms with E-state index in [0.717, 1.165) is 22.0 Å². The zero-order valence-corrected chi connectivity index (χ0v) is 15.5. The largest absolute Gasteiger partial charge is 0.365 e. The number of ether oxygens (including phenoxy) is 1. The molecule has 0 saturated carbocycles. The highest BCUT2D eigenvalue weighted by atomic mass is 32.1. The SMILES string of the molecule is C=CCOC(C)C(=O)Nc1nc(-c2ccccc2)c(-c2nccn2C)s1. The summed E-state index contributed by atoms with van der Waals surface area (Å²) >= 11 is 1.39. The minimum atomic E-state index is -0.589. The van der Waals surface area contributed by atoms with Gasteiger partial charge in [0.1, 0.15) is 6.10 Å². The van der Waals surface area contributed by atoms with Gasteiger partial charge in [0.2, 0.25) is 0 Å². The van der Waals surface area contributed by atoms with Crippen LogP contribution in [0.25, 0.3) is 22.0 Å². The zero-order chi connectivity index (χ0) is 18.5. The fourth-order valence-corrected chi connectivity index (χ4v) is 3.43. The number of hydrogen-bond acceptors (Lipinski definition) is 5. The Kier molecular flexibility index (Phi) is 5.60. The Hall–Kier alpha value is -2.77. The van der Waals surface area contributed by atoms with Crippen LogP contribution in [0.3, 0.4) is 0 Å². The molecule has 1 atom stereocenters. The van der Waals surface area contributed by atoms with Crippen LogP contribution in [-0.2, 0) is 16.6 Å². The van der Waals surface area contributed by atoms with Gasteiger partial charge in [-0.15, -0.1) is 6.58 Å². The first kappa shape index (κ1) is 18.0. The topological polar surface area (TPSA) is 69.0 Å². The summed E-state index contributed by atoms with van der Waals surface area (Å²) in [7, 11) is 1.93. The first-order chi connectivity index (χ1) is 12.6. The number of benzene rings is 1. The molecule has 26 heavy (non-hydrogen) atoms. The van der Waals surface area contributed by atoms with E-state index in [1.54, 1.807) is 19.2 Å². The van der Waals surface area contributed by atoms with E-state index in [2.05, 4.69) is 21.9 Å². The molecule has 2 aromatic heterocycles. The average molecular weight is 368 g/mol. The molecule has 134 valence electrons. The number of nitrogens with one attached hydrogen (secondary N) is 1. The second kappa shape index (κ2) is 8.07. The Labute approximate surface area is 156 Å². The molecule has 1 N–H and O–H groups in total. The van der Waals surface area contributed by atoms with Crippen LogP contribution >= 0.6 is 11.3 Å². The number of carbonyl (C=O) groups is 1. The van der Waals surface area contributed by atoms with E-state index in [4.69, 9.17) is 4.74 Å². The average Bonchev–Trinajstić information content (AvgIpc) is 3.26.